The van der Waals surface area contributed by atoms with Gasteiger partial charge in [-0.15, -0.1) is 0 Å². The molecular weight excluding hydrogens is 298 g/mol. The number of hydrogen-bond donors (Lipinski definition) is 1. The Kier molecular flexibility index (Phi) is 4.13. The molecule has 5 nitrogen and oxygen atoms in total. The van der Waals surface area contributed by atoms with Crippen LogP contribution in [0.1, 0.15) is 24.5 Å². The predicted molar refractivity (Wildman–Crippen MR) is 87.3 cm³/mol. The van der Waals surface area contributed by atoms with Crippen LogP contribution in [-0.4, -0.2) is 26.8 Å². The summed E-state index contributed by atoms with van der Waals surface area (Å²) < 4.78 is 7.02. The molecule has 116 valence electrons. The Morgan fingerprint density at radius 3 is 2.86 bits per heavy atom. The Labute approximate surface area is 133 Å². The number of methoxy groups -OCH3 is 1. The van der Waals surface area contributed by atoms with Gasteiger partial charge in [-0.2, -0.15) is 5.10 Å². The molecular formula is C16H19N3O2S. The van der Waals surface area contributed by atoms with Gasteiger partial charge in [0.2, 0.25) is 4.96 Å². The lowest BCUT2D eigenvalue weighted by Crippen LogP contribution is -1.99. The van der Waals surface area contributed by atoms with Gasteiger partial charge in [-0.05, 0) is 18.1 Å². The third-order valence-electron chi connectivity index (χ3n) is 3.41. The van der Waals surface area contributed by atoms with Gasteiger partial charge < -0.3 is 9.84 Å². The van der Waals surface area contributed by atoms with Crippen molar-refractivity contribution in [3.8, 4) is 17.0 Å². The maximum atomic E-state index is 9.76. The molecule has 0 saturated carbocycles. The molecule has 0 aliphatic rings. The highest BCUT2D eigenvalue weighted by molar-refractivity contribution is 7.16. The summed E-state index contributed by atoms with van der Waals surface area (Å²) in [4.78, 5) is 5.48. The molecule has 3 rings (SSSR count). The largest absolute Gasteiger partial charge is 0.497 e. The van der Waals surface area contributed by atoms with Crippen LogP contribution in [0.2, 0.25) is 0 Å². The van der Waals surface area contributed by atoms with Crippen molar-refractivity contribution >= 4 is 16.3 Å². The fraction of sp³-hybridized carbons (Fsp3) is 0.375. The molecule has 0 bridgehead atoms. The third-order valence-corrected chi connectivity index (χ3v) is 4.34. The molecule has 0 spiro atoms. The van der Waals surface area contributed by atoms with Gasteiger partial charge in [-0.3, -0.25) is 0 Å². The third kappa shape index (κ3) is 2.71. The van der Waals surface area contributed by atoms with Gasteiger partial charge in [-0.25, -0.2) is 9.50 Å². The zero-order valence-electron chi connectivity index (χ0n) is 12.9. The minimum absolute atomic E-state index is 0.0986. The smallest absolute Gasteiger partial charge is 0.213 e. The molecule has 0 amide bonds. The van der Waals surface area contributed by atoms with E-state index in [9.17, 15) is 5.11 Å². The molecule has 0 aliphatic heterocycles. The highest BCUT2D eigenvalue weighted by Crippen LogP contribution is 2.29. The number of nitrogens with zero attached hydrogens (tertiary/aromatic N) is 3. The number of aromatic nitrogens is 3. The number of aliphatic hydroxyl groups is 1. The minimum Gasteiger partial charge on any atom is -0.497 e. The van der Waals surface area contributed by atoms with E-state index in [4.69, 9.17) is 4.74 Å². The van der Waals surface area contributed by atoms with E-state index < -0.39 is 0 Å². The van der Waals surface area contributed by atoms with E-state index in [2.05, 4.69) is 23.9 Å². The van der Waals surface area contributed by atoms with E-state index in [-0.39, 0.29) is 6.61 Å². The topological polar surface area (TPSA) is 59.7 Å². The summed E-state index contributed by atoms with van der Waals surface area (Å²) in [6.45, 7) is 4.23. The molecule has 6 heteroatoms. The van der Waals surface area contributed by atoms with E-state index in [1.165, 1.54) is 0 Å². The van der Waals surface area contributed by atoms with Gasteiger partial charge in [0.05, 0.1) is 25.1 Å². The second kappa shape index (κ2) is 6.06. The van der Waals surface area contributed by atoms with Gasteiger partial charge in [0, 0.05) is 12.0 Å². The molecule has 0 radical (unpaired) electrons. The quantitative estimate of drug-likeness (QED) is 0.785. The number of benzene rings is 1. The van der Waals surface area contributed by atoms with Crippen LogP contribution >= 0.6 is 11.3 Å². The summed E-state index contributed by atoms with van der Waals surface area (Å²) in [5.74, 6) is 1.32. The number of fused-ring (bicyclic) bond motifs is 1. The number of hydrogen-bond acceptors (Lipinski definition) is 5. The lowest BCUT2D eigenvalue weighted by molar-refractivity contribution is 0.275. The number of imidazole rings is 1. The average Bonchev–Trinajstić information content (AvgIpc) is 3.03. The first-order valence-electron chi connectivity index (χ1n) is 7.25. The van der Waals surface area contributed by atoms with Crippen LogP contribution in [0.3, 0.4) is 0 Å². The molecule has 22 heavy (non-hydrogen) atoms. The SMILES string of the molecule is COc1cccc(-c2nc3sc(CC(C)C)nn3c2CO)c1. The Hall–Kier alpha value is -1.92. The van der Waals surface area contributed by atoms with Crippen molar-refractivity contribution in [3.05, 3.63) is 35.0 Å². The predicted octanol–water partition coefficient (Wildman–Crippen LogP) is 3.16. The zero-order chi connectivity index (χ0) is 15.7. The lowest BCUT2D eigenvalue weighted by atomic mass is 10.1. The first kappa shape index (κ1) is 15.0. The van der Waals surface area contributed by atoms with Crippen LogP contribution < -0.4 is 4.74 Å². The maximum Gasteiger partial charge on any atom is 0.213 e. The Morgan fingerprint density at radius 2 is 2.18 bits per heavy atom. The fourth-order valence-electron chi connectivity index (χ4n) is 2.40. The van der Waals surface area contributed by atoms with Crippen LogP contribution in [-0.2, 0) is 13.0 Å². The van der Waals surface area contributed by atoms with Gasteiger partial charge in [0.25, 0.3) is 0 Å². The van der Waals surface area contributed by atoms with Gasteiger partial charge in [-0.1, -0.05) is 37.3 Å². The van der Waals surface area contributed by atoms with Crippen LogP contribution in [0.15, 0.2) is 24.3 Å². The lowest BCUT2D eigenvalue weighted by Gasteiger charge is -2.04. The average molecular weight is 317 g/mol. The molecule has 1 aromatic carbocycles. The number of rotatable bonds is 5. The monoisotopic (exact) mass is 317 g/mol. The van der Waals surface area contributed by atoms with E-state index >= 15 is 0 Å². The van der Waals surface area contributed by atoms with E-state index in [0.29, 0.717) is 5.92 Å². The summed E-state index contributed by atoms with van der Waals surface area (Å²) in [7, 11) is 1.64. The van der Waals surface area contributed by atoms with Crippen molar-refractivity contribution in [1.29, 1.82) is 0 Å². The van der Waals surface area contributed by atoms with Crippen molar-refractivity contribution in [2.24, 2.45) is 5.92 Å². The highest BCUT2D eigenvalue weighted by atomic mass is 32.1. The molecule has 0 fully saturated rings. The number of ether oxygens (including phenoxy) is 1. The summed E-state index contributed by atoms with van der Waals surface area (Å²) in [5.41, 5.74) is 2.40. The molecule has 0 aliphatic carbocycles. The van der Waals surface area contributed by atoms with Crippen molar-refractivity contribution in [2.45, 2.75) is 26.9 Å². The first-order chi connectivity index (χ1) is 10.6. The second-order valence-corrected chi connectivity index (χ2v) is 6.63. The number of aliphatic hydroxyl groups excluding tert-OH is 1. The zero-order valence-corrected chi connectivity index (χ0v) is 13.7. The Morgan fingerprint density at radius 1 is 1.36 bits per heavy atom. The van der Waals surface area contributed by atoms with Crippen molar-refractivity contribution in [3.63, 3.8) is 0 Å². The van der Waals surface area contributed by atoms with Gasteiger partial charge in [0.1, 0.15) is 10.8 Å². The van der Waals surface area contributed by atoms with Crippen LogP contribution in [0, 0.1) is 5.92 Å². The van der Waals surface area contributed by atoms with Gasteiger partial charge in [0.15, 0.2) is 0 Å². The maximum absolute atomic E-state index is 9.76. The summed E-state index contributed by atoms with van der Waals surface area (Å²) in [5, 5.41) is 15.4. The summed E-state index contributed by atoms with van der Waals surface area (Å²) in [6.07, 6.45) is 0.924. The van der Waals surface area contributed by atoms with Crippen LogP contribution in [0.5, 0.6) is 5.75 Å². The Bertz CT molecular complexity index is 792. The molecule has 0 atom stereocenters. The van der Waals surface area contributed by atoms with Crippen molar-refractivity contribution in [2.75, 3.05) is 7.11 Å². The minimum atomic E-state index is -0.0986. The summed E-state index contributed by atoms with van der Waals surface area (Å²) in [6, 6.07) is 7.68. The Balaban J connectivity index is 2.08. The van der Waals surface area contributed by atoms with Crippen molar-refractivity contribution < 1.29 is 9.84 Å². The molecule has 0 saturated heterocycles. The van der Waals surface area contributed by atoms with Crippen molar-refractivity contribution in [1.82, 2.24) is 14.6 Å². The first-order valence-corrected chi connectivity index (χ1v) is 8.06. The van der Waals surface area contributed by atoms with Gasteiger partial charge >= 0.3 is 0 Å². The van der Waals surface area contributed by atoms with Crippen LogP contribution in [0.4, 0.5) is 0 Å². The molecule has 3 aromatic rings. The second-order valence-electron chi connectivity index (χ2n) is 5.59. The van der Waals surface area contributed by atoms with E-state index in [0.717, 1.165) is 39.1 Å². The molecule has 1 N–H and O–H groups in total. The standard InChI is InChI=1S/C16H19N3O2S/c1-10(2)7-14-18-19-13(9-20)15(17-16(19)22-14)11-5-4-6-12(8-11)21-3/h4-6,8,10,20H,7,9H2,1-3H3. The van der Waals surface area contributed by atoms with E-state index in [1.807, 2.05) is 24.3 Å². The summed E-state index contributed by atoms with van der Waals surface area (Å²) >= 11 is 1.58. The highest BCUT2D eigenvalue weighted by Gasteiger charge is 2.18. The molecule has 0 unspecified atom stereocenters. The molecule has 2 heterocycles. The normalized spacial score (nSPS) is 11.5. The van der Waals surface area contributed by atoms with E-state index in [1.54, 1.807) is 23.0 Å². The fourth-order valence-corrected chi connectivity index (χ4v) is 3.53. The van der Waals surface area contributed by atoms with Crippen LogP contribution in [0.25, 0.3) is 16.2 Å². The molecule has 2 aromatic heterocycles.